The standard InChI is InChI=1S/C19H21N3OS/c1-2-21(12-13-24-17-8-4-3-5-9-17)15-16-14-19(23)22-11-7-6-10-18(22)20-16/h3-11,14H,2,12-13,15H2,1H3. The maximum atomic E-state index is 12.2. The van der Waals surface area contributed by atoms with E-state index in [-0.39, 0.29) is 5.56 Å². The van der Waals surface area contributed by atoms with Gasteiger partial charge in [-0.2, -0.15) is 0 Å². The van der Waals surface area contributed by atoms with Gasteiger partial charge in [0.2, 0.25) is 0 Å². The minimum atomic E-state index is -0.0229. The molecule has 5 heteroatoms. The van der Waals surface area contributed by atoms with Crippen LogP contribution in [0, 0.1) is 0 Å². The lowest BCUT2D eigenvalue weighted by Crippen LogP contribution is -2.27. The van der Waals surface area contributed by atoms with Gasteiger partial charge >= 0.3 is 0 Å². The fourth-order valence-electron chi connectivity index (χ4n) is 2.57. The first-order chi connectivity index (χ1) is 11.8. The van der Waals surface area contributed by atoms with E-state index in [4.69, 9.17) is 0 Å². The van der Waals surface area contributed by atoms with Gasteiger partial charge in [0.1, 0.15) is 5.65 Å². The second kappa shape index (κ2) is 8.13. The van der Waals surface area contributed by atoms with E-state index in [1.807, 2.05) is 36.0 Å². The zero-order valence-electron chi connectivity index (χ0n) is 13.8. The summed E-state index contributed by atoms with van der Waals surface area (Å²) in [6.07, 6.45) is 1.75. The van der Waals surface area contributed by atoms with E-state index < -0.39 is 0 Å². The molecule has 0 aliphatic rings. The molecule has 24 heavy (non-hydrogen) atoms. The molecule has 0 bridgehead atoms. The van der Waals surface area contributed by atoms with Crippen molar-refractivity contribution in [1.82, 2.24) is 14.3 Å². The molecule has 0 saturated heterocycles. The van der Waals surface area contributed by atoms with Crippen LogP contribution < -0.4 is 5.56 Å². The van der Waals surface area contributed by atoms with Gasteiger partial charge in [-0.1, -0.05) is 31.2 Å². The van der Waals surface area contributed by atoms with Crippen LogP contribution in [0.3, 0.4) is 0 Å². The largest absolute Gasteiger partial charge is 0.297 e. The molecule has 2 aromatic heterocycles. The summed E-state index contributed by atoms with van der Waals surface area (Å²) in [5.74, 6) is 1.02. The van der Waals surface area contributed by atoms with Crippen LogP contribution in [0.5, 0.6) is 0 Å². The Morgan fingerprint density at radius 3 is 2.71 bits per heavy atom. The fraction of sp³-hybridized carbons (Fsp3) is 0.263. The number of benzene rings is 1. The molecule has 4 nitrogen and oxygen atoms in total. The van der Waals surface area contributed by atoms with Crippen LogP contribution in [0.25, 0.3) is 5.65 Å². The minimum Gasteiger partial charge on any atom is -0.297 e. The van der Waals surface area contributed by atoms with Crippen molar-refractivity contribution in [3.05, 3.63) is 76.8 Å². The highest BCUT2D eigenvalue weighted by Gasteiger charge is 2.07. The molecule has 3 aromatic rings. The number of fused-ring (bicyclic) bond motifs is 1. The molecular weight excluding hydrogens is 318 g/mol. The zero-order valence-corrected chi connectivity index (χ0v) is 14.6. The molecule has 0 aliphatic carbocycles. The summed E-state index contributed by atoms with van der Waals surface area (Å²) in [5.41, 5.74) is 1.51. The van der Waals surface area contributed by atoms with Gasteiger partial charge in [0.25, 0.3) is 5.56 Å². The van der Waals surface area contributed by atoms with E-state index >= 15 is 0 Å². The van der Waals surface area contributed by atoms with Gasteiger partial charge in [0.15, 0.2) is 0 Å². The van der Waals surface area contributed by atoms with Gasteiger partial charge in [0.05, 0.1) is 5.69 Å². The monoisotopic (exact) mass is 339 g/mol. The Labute approximate surface area is 146 Å². The van der Waals surface area contributed by atoms with Crippen LogP contribution in [0.4, 0.5) is 0 Å². The second-order valence-corrected chi connectivity index (χ2v) is 6.71. The third kappa shape index (κ3) is 4.24. The Hall–Kier alpha value is -2.11. The number of thioether (sulfide) groups is 1. The van der Waals surface area contributed by atoms with E-state index in [0.29, 0.717) is 12.2 Å². The molecular formula is C19H21N3OS. The summed E-state index contributed by atoms with van der Waals surface area (Å²) < 4.78 is 1.57. The predicted octanol–water partition coefficient (Wildman–Crippen LogP) is 3.31. The summed E-state index contributed by atoms with van der Waals surface area (Å²) in [5, 5.41) is 0. The molecule has 124 valence electrons. The van der Waals surface area contributed by atoms with Crippen molar-refractivity contribution in [3.63, 3.8) is 0 Å². The number of rotatable bonds is 7. The highest BCUT2D eigenvalue weighted by molar-refractivity contribution is 7.99. The summed E-state index contributed by atoms with van der Waals surface area (Å²) in [7, 11) is 0. The van der Waals surface area contributed by atoms with Gasteiger partial charge in [-0.3, -0.25) is 14.1 Å². The Morgan fingerprint density at radius 2 is 1.92 bits per heavy atom. The number of nitrogens with zero attached hydrogens (tertiary/aromatic N) is 3. The molecule has 0 aliphatic heterocycles. The third-order valence-electron chi connectivity index (χ3n) is 3.88. The molecule has 0 saturated carbocycles. The summed E-state index contributed by atoms with van der Waals surface area (Å²) in [6.45, 7) is 4.74. The van der Waals surface area contributed by atoms with Crippen molar-refractivity contribution in [3.8, 4) is 0 Å². The second-order valence-electron chi connectivity index (χ2n) is 5.54. The first-order valence-electron chi connectivity index (χ1n) is 8.14. The lowest BCUT2D eigenvalue weighted by Gasteiger charge is -2.19. The molecule has 0 unspecified atom stereocenters. The fourth-order valence-corrected chi connectivity index (χ4v) is 3.51. The molecule has 2 heterocycles. The van der Waals surface area contributed by atoms with Crippen LogP contribution >= 0.6 is 11.8 Å². The highest BCUT2D eigenvalue weighted by atomic mass is 32.2. The Kier molecular flexibility index (Phi) is 5.67. The van der Waals surface area contributed by atoms with E-state index in [2.05, 4.69) is 41.1 Å². The van der Waals surface area contributed by atoms with Gasteiger partial charge in [-0.15, -0.1) is 11.8 Å². The topological polar surface area (TPSA) is 37.6 Å². The van der Waals surface area contributed by atoms with Crippen LogP contribution in [-0.4, -0.2) is 33.1 Å². The molecule has 0 radical (unpaired) electrons. The van der Waals surface area contributed by atoms with Crippen molar-refractivity contribution < 1.29 is 0 Å². The van der Waals surface area contributed by atoms with E-state index in [1.165, 1.54) is 4.90 Å². The van der Waals surface area contributed by atoms with E-state index in [9.17, 15) is 4.79 Å². The van der Waals surface area contributed by atoms with Crippen molar-refractivity contribution in [2.45, 2.75) is 18.4 Å². The van der Waals surface area contributed by atoms with Crippen LogP contribution in [-0.2, 0) is 6.54 Å². The zero-order chi connectivity index (χ0) is 16.8. The molecule has 0 atom stereocenters. The van der Waals surface area contributed by atoms with Crippen LogP contribution in [0.1, 0.15) is 12.6 Å². The lowest BCUT2D eigenvalue weighted by molar-refractivity contribution is 0.295. The first-order valence-corrected chi connectivity index (χ1v) is 9.12. The van der Waals surface area contributed by atoms with Crippen LogP contribution in [0.15, 0.2) is 70.5 Å². The number of hydrogen-bond acceptors (Lipinski definition) is 4. The molecule has 0 fully saturated rings. The highest BCUT2D eigenvalue weighted by Crippen LogP contribution is 2.17. The number of pyridine rings is 1. The Balaban J connectivity index is 1.63. The summed E-state index contributed by atoms with van der Waals surface area (Å²) in [6, 6.07) is 17.7. The molecule has 0 N–H and O–H groups in total. The van der Waals surface area contributed by atoms with Crippen molar-refractivity contribution in [1.29, 1.82) is 0 Å². The maximum Gasteiger partial charge on any atom is 0.258 e. The van der Waals surface area contributed by atoms with Gasteiger partial charge in [-0.05, 0) is 30.8 Å². The summed E-state index contributed by atoms with van der Waals surface area (Å²) in [4.78, 5) is 20.4. The van der Waals surface area contributed by atoms with E-state index in [1.54, 1.807) is 16.7 Å². The quantitative estimate of drug-likeness (QED) is 0.619. The molecule has 3 rings (SSSR count). The SMILES string of the molecule is CCN(CCSc1ccccc1)Cc1cc(=O)n2ccccc2n1. The van der Waals surface area contributed by atoms with Crippen LogP contribution in [0.2, 0.25) is 0 Å². The Morgan fingerprint density at radius 1 is 1.12 bits per heavy atom. The molecule has 1 aromatic carbocycles. The van der Waals surface area contributed by atoms with Crippen molar-refractivity contribution in [2.75, 3.05) is 18.8 Å². The third-order valence-corrected chi connectivity index (χ3v) is 4.87. The molecule has 0 spiro atoms. The average molecular weight is 339 g/mol. The predicted molar refractivity (Wildman–Crippen MR) is 99.6 cm³/mol. The van der Waals surface area contributed by atoms with E-state index in [0.717, 1.165) is 24.5 Å². The lowest BCUT2D eigenvalue weighted by atomic mass is 10.3. The van der Waals surface area contributed by atoms with Gasteiger partial charge in [0, 0.05) is 36.0 Å². The number of hydrogen-bond donors (Lipinski definition) is 0. The maximum absolute atomic E-state index is 12.2. The number of aromatic nitrogens is 2. The van der Waals surface area contributed by atoms with Gasteiger partial charge < -0.3 is 0 Å². The normalized spacial score (nSPS) is 11.2. The summed E-state index contributed by atoms with van der Waals surface area (Å²) >= 11 is 1.85. The van der Waals surface area contributed by atoms with Gasteiger partial charge in [-0.25, -0.2) is 4.98 Å². The smallest absolute Gasteiger partial charge is 0.258 e. The minimum absolute atomic E-state index is 0.0229. The Bertz CT molecular complexity index is 848. The van der Waals surface area contributed by atoms with Crippen molar-refractivity contribution in [2.24, 2.45) is 0 Å². The molecule has 0 amide bonds. The van der Waals surface area contributed by atoms with Crippen molar-refractivity contribution >= 4 is 17.4 Å². The first kappa shape index (κ1) is 16.7. The average Bonchev–Trinajstić information content (AvgIpc) is 2.62.